The largest absolute Gasteiger partial charge is 0.336 e. The average Bonchev–Trinajstić information content (AvgIpc) is 2.86. The van der Waals surface area contributed by atoms with Gasteiger partial charge in [0.15, 0.2) is 0 Å². The molecule has 1 N–H and O–H groups in total. The van der Waals surface area contributed by atoms with Crippen LogP contribution in [0.3, 0.4) is 0 Å². The maximum absolute atomic E-state index is 13.1. The van der Waals surface area contributed by atoms with Crippen molar-refractivity contribution in [1.29, 1.82) is 0 Å². The van der Waals surface area contributed by atoms with Crippen LogP contribution < -0.4 is 10.9 Å². The minimum absolute atomic E-state index is 0.0622. The van der Waals surface area contributed by atoms with E-state index in [-0.39, 0.29) is 29.5 Å². The molecule has 0 spiro atoms. The summed E-state index contributed by atoms with van der Waals surface area (Å²) in [5.74, 6) is -0.317. The van der Waals surface area contributed by atoms with E-state index in [9.17, 15) is 14.4 Å². The number of nitrogens with one attached hydrogen (secondary N) is 1. The van der Waals surface area contributed by atoms with E-state index < -0.39 is 0 Å². The highest BCUT2D eigenvalue weighted by molar-refractivity contribution is 5.94. The van der Waals surface area contributed by atoms with E-state index >= 15 is 0 Å². The normalized spacial score (nSPS) is 14.1. The highest BCUT2D eigenvalue weighted by Gasteiger charge is 2.25. The van der Waals surface area contributed by atoms with E-state index in [2.05, 4.69) is 12.2 Å². The third-order valence-corrected chi connectivity index (χ3v) is 6.39. The van der Waals surface area contributed by atoms with Gasteiger partial charge >= 0.3 is 0 Å². The van der Waals surface area contributed by atoms with E-state index in [0.717, 1.165) is 28.8 Å². The molecule has 182 valence electrons. The summed E-state index contributed by atoms with van der Waals surface area (Å²) in [5, 5.41) is 3.00. The molecule has 0 atom stereocenters. The minimum Gasteiger partial charge on any atom is -0.336 e. The molecule has 2 amide bonds. The molecule has 1 aliphatic rings. The molecule has 0 saturated carbocycles. The molecule has 0 radical (unpaired) electrons. The van der Waals surface area contributed by atoms with Gasteiger partial charge in [0.25, 0.3) is 11.5 Å². The van der Waals surface area contributed by atoms with Crippen LogP contribution in [-0.2, 0) is 17.8 Å². The van der Waals surface area contributed by atoms with Crippen molar-refractivity contribution in [3.63, 3.8) is 0 Å². The third kappa shape index (κ3) is 6.05. The van der Waals surface area contributed by atoms with Crippen LogP contribution in [0.25, 0.3) is 0 Å². The van der Waals surface area contributed by atoms with Gasteiger partial charge < -0.3 is 14.8 Å². The van der Waals surface area contributed by atoms with Crippen molar-refractivity contribution < 1.29 is 9.59 Å². The van der Waals surface area contributed by atoms with Gasteiger partial charge in [-0.1, -0.05) is 55.0 Å². The second-order valence-corrected chi connectivity index (χ2v) is 8.97. The Morgan fingerprint density at radius 1 is 0.943 bits per heavy atom. The standard InChI is InChI=1S/C28H32N4O3/c1-3-23-10-4-5-12-25(23)29-26(33)20-30-14-16-31(17-15-30)27(34)24-11-7-13-32(28(24)35)19-22-9-6-8-21(2)18-22/h4-13,18H,3,14-17,19-20H2,1-2H3,(H,29,33). The van der Waals surface area contributed by atoms with Gasteiger partial charge in [-0.3, -0.25) is 19.3 Å². The Balaban J connectivity index is 1.34. The Morgan fingerprint density at radius 2 is 1.71 bits per heavy atom. The molecule has 1 aromatic heterocycles. The number of benzene rings is 2. The molecule has 1 fully saturated rings. The first-order valence-electron chi connectivity index (χ1n) is 12.1. The molecule has 0 aliphatic carbocycles. The van der Waals surface area contributed by atoms with E-state index in [4.69, 9.17) is 0 Å². The molecule has 7 heteroatoms. The molecular weight excluding hydrogens is 440 g/mol. The smallest absolute Gasteiger partial charge is 0.263 e. The van der Waals surface area contributed by atoms with E-state index in [0.29, 0.717) is 32.7 Å². The van der Waals surface area contributed by atoms with Crippen LogP contribution in [0.15, 0.2) is 71.7 Å². The number of pyridine rings is 1. The molecule has 4 rings (SSSR count). The van der Waals surface area contributed by atoms with Crippen molar-refractivity contribution >= 4 is 17.5 Å². The van der Waals surface area contributed by atoms with Gasteiger partial charge in [0.05, 0.1) is 13.1 Å². The zero-order chi connectivity index (χ0) is 24.8. The van der Waals surface area contributed by atoms with Gasteiger partial charge in [-0.15, -0.1) is 0 Å². The summed E-state index contributed by atoms with van der Waals surface area (Å²) in [6.07, 6.45) is 2.57. The lowest BCUT2D eigenvalue weighted by molar-refractivity contribution is -0.117. The molecule has 2 aromatic carbocycles. The number of carbonyl (C=O) groups is 2. The Morgan fingerprint density at radius 3 is 2.46 bits per heavy atom. The molecule has 2 heterocycles. The first kappa shape index (κ1) is 24.4. The fourth-order valence-electron chi connectivity index (χ4n) is 4.45. The maximum atomic E-state index is 13.1. The third-order valence-electron chi connectivity index (χ3n) is 6.39. The lowest BCUT2D eigenvalue weighted by atomic mass is 10.1. The lowest BCUT2D eigenvalue weighted by Gasteiger charge is -2.34. The number of carbonyl (C=O) groups excluding carboxylic acids is 2. The van der Waals surface area contributed by atoms with Crippen molar-refractivity contribution in [3.8, 4) is 0 Å². The zero-order valence-electron chi connectivity index (χ0n) is 20.4. The van der Waals surface area contributed by atoms with Gasteiger partial charge in [0, 0.05) is 38.1 Å². The van der Waals surface area contributed by atoms with Crippen LogP contribution in [0.2, 0.25) is 0 Å². The summed E-state index contributed by atoms with van der Waals surface area (Å²) in [7, 11) is 0. The summed E-state index contributed by atoms with van der Waals surface area (Å²) in [6.45, 7) is 6.89. The second-order valence-electron chi connectivity index (χ2n) is 8.97. The van der Waals surface area contributed by atoms with Crippen molar-refractivity contribution in [3.05, 3.63) is 99.5 Å². The Labute approximate surface area is 206 Å². The van der Waals surface area contributed by atoms with Gasteiger partial charge in [0.1, 0.15) is 5.56 Å². The van der Waals surface area contributed by atoms with Crippen LogP contribution in [0.1, 0.15) is 34.0 Å². The molecule has 35 heavy (non-hydrogen) atoms. The molecule has 7 nitrogen and oxygen atoms in total. The summed E-state index contributed by atoms with van der Waals surface area (Å²) in [6, 6.07) is 19.2. The molecule has 1 saturated heterocycles. The number of hydrogen-bond donors (Lipinski definition) is 1. The number of aryl methyl sites for hydroxylation is 2. The Hall–Kier alpha value is -3.71. The second kappa shape index (κ2) is 11.1. The van der Waals surface area contributed by atoms with Gasteiger partial charge in [0.2, 0.25) is 5.91 Å². The van der Waals surface area contributed by atoms with Crippen LogP contribution in [0, 0.1) is 6.92 Å². The van der Waals surface area contributed by atoms with Crippen LogP contribution in [-0.4, -0.2) is 58.9 Å². The number of anilines is 1. The number of piperazine rings is 1. The molecule has 1 aliphatic heterocycles. The summed E-state index contributed by atoms with van der Waals surface area (Å²) < 4.78 is 1.58. The minimum atomic E-state index is -0.282. The molecular formula is C28H32N4O3. The van der Waals surface area contributed by atoms with Crippen LogP contribution >= 0.6 is 0 Å². The van der Waals surface area contributed by atoms with Crippen molar-refractivity contribution in [1.82, 2.24) is 14.4 Å². The van der Waals surface area contributed by atoms with Crippen molar-refractivity contribution in [2.75, 3.05) is 38.0 Å². The quantitative estimate of drug-likeness (QED) is 0.573. The van der Waals surface area contributed by atoms with Crippen molar-refractivity contribution in [2.24, 2.45) is 0 Å². The molecule has 0 unspecified atom stereocenters. The van der Waals surface area contributed by atoms with Gasteiger partial charge in [-0.2, -0.15) is 0 Å². The summed E-state index contributed by atoms with van der Waals surface area (Å²) in [4.78, 5) is 42.5. The first-order valence-corrected chi connectivity index (χ1v) is 12.1. The number of nitrogens with zero attached hydrogens (tertiary/aromatic N) is 3. The zero-order valence-corrected chi connectivity index (χ0v) is 20.4. The Kier molecular flexibility index (Phi) is 7.77. The molecule has 0 bridgehead atoms. The van der Waals surface area contributed by atoms with Crippen LogP contribution in [0.4, 0.5) is 5.69 Å². The van der Waals surface area contributed by atoms with Gasteiger partial charge in [-0.25, -0.2) is 0 Å². The number of para-hydroxylation sites is 1. The number of aromatic nitrogens is 1. The van der Waals surface area contributed by atoms with Crippen LogP contribution in [0.5, 0.6) is 0 Å². The van der Waals surface area contributed by atoms with E-state index in [1.807, 2.05) is 60.4 Å². The van der Waals surface area contributed by atoms with E-state index in [1.54, 1.807) is 27.8 Å². The van der Waals surface area contributed by atoms with E-state index in [1.165, 1.54) is 0 Å². The monoisotopic (exact) mass is 472 g/mol. The lowest BCUT2D eigenvalue weighted by Crippen LogP contribution is -2.51. The maximum Gasteiger partial charge on any atom is 0.263 e. The predicted molar refractivity (Wildman–Crippen MR) is 138 cm³/mol. The number of amides is 2. The SMILES string of the molecule is CCc1ccccc1NC(=O)CN1CCN(C(=O)c2cccn(Cc3cccc(C)c3)c2=O)CC1. The fourth-order valence-corrected chi connectivity index (χ4v) is 4.45. The predicted octanol–water partition coefficient (Wildman–Crippen LogP) is 3.16. The molecule has 3 aromatic rings. The van der Waals surface area contributed by atoms with Crippen molar-refractivity contribution in [2.45, 2.75) is 26.8 Å². The summed E-state index contributed by atoms with van der Waals surface area (Å²) in [5.41, 5.74) is 4.00. The fraction of sp³-hybridized carbons (Fsp3) is 0.321. The Bertz CT molecular complexity index is 1260. The summed E-state index contributed by atoms with van der Waals surface area (Å²) >= 11 is 0. The highest BCUT2D eigenvalue weighted by atomic mass is 16.2. The number of hydrogen-bond acceptors (Lipinski definition) is 4. The topological polar surface area (TPSA) is 74.7 Å². The first-order chi connectivity index (χ1) is 16.9. The van der Waals surface area contributed by atoms with Gasteiger partial charge in [-0.05, 0) is 42.7 Å². The average molecular weight is 473 g/mol. The number of rotatable bonds is 7. The highest BCUT2D eigenvalue weighted by Crippen LogP contribution is 2.15.